The summed E-state index contributed by atoms with van der Waals surface area (Å²) in [7, 11) is 0.744. The van der Waals surface area contributed by atoms with Crippen LogP contribution in [-0.4, -0.2) is 32.7 Å². The van der Waals surface area contributed by atoms with Crippen LogP contribution in [0.15, 0.2) is 24.3 Å². The number of hydrogen-bond acceptors (Lipinski definition) is 3. The number of rotatable bonds is 12. The Labute approximate surface area is 143 Å². The summed E-state index contributed by atoms with van der Waals surface area (Å²) >= 11 is 0. The molecule has 1 aromatic rings. The molecular formula is C19H34BNO2. The molecule has 0 bridgehead atoms. The second-order valence-corrected chi connectivity index (χ2v) is 7.32. The number of aryl methyl sites for hydroxylation is 1. The fourth-order valence-electron chi connectivity index (χ4n) is 2.15. The van der Waals surface area contributed by atoms with E-state index >= 15 is 0 Å². The Morgan fingerprint density at radius 1 is 1.13 bits per heavy atom. The smallest absolute Gasteiger partial charge is 0.288 e. The summed E-state index contributed by atoms with van der Waals surface area (Å²) < 4.78 is 11.7. The van der Waals surface area contributed by atoms with Crippen LogP contribution in [0.2, 0.25) is 0 Å². The standard InChI is InChI=1S/C19H34BNO2/c1-16(2)10-12-22-19(4,5)11-13-23-20-15-21-14-18-8-6-17(3)7-9-18/h6-9,16,20-21H,10-15H2,1-5H3. The van der Waals surface area contributed by atoms with Crippen molar-refractivity contribution in [2.24, 2.45) is 5.92 Å². The molecule has 3 nitrogen and oxygen atoms in total. The Kier molecular flexibility index (Phi) is 9.53. The lowest BCUT2D eigenvalue weighted by Crippen LogP contribution is -2.29. The number of nitrogens with one attached hydrogen (secondary N) is 1. The minimum atomic E-state index is -0.0930. The zero-order valence-corrected chi connectivity index (χ0v) is 15.7. The molecule has 1 rings (SSSR count). The predicted octanol–water partition coefficient (Wildman–Crippen LogP) is 3.64. The van der Waals surface area contributed by atoms with E-state index in [-0.39, 0.29) is 5.60 Å². The van der Waals surface area contributed by atoms with Crippen LogP contribution in [0, 0.1) is 12.8 Å². The minimum Gasteiger partial charge on any atom is -0.438 e. The van der Waals surface area contributed by atoms with Crippen LogP contribution >= 0.6 is 0 Å². The van der Waals surface area contributed by atoms with Gasteiger partial charge in [-0.05, 0) is 51.5 Å². The third kappa shape index (κ3) is 10.5. The van der Waals surface area contributed by atoms with Gasteiger partial charge >= 0.3 is 0 Å². The first-order chi connectivity index (χ1) is 10.9. The maximum atomic E-state index is 5.94. The second-order valence-electron chi connectivity index (χ2n) is 7.32. The number of hydrogen-bond donors (Lipinski definition) is 1. The van der Waals surface area contributed by atoms with Gasteiger partial charge in [-0.3, -0.25) is 0 Å². The Balaban J connectivity index is 2.00. The van der Waals surface area contributed by atoms with Crippen molar-refractivity contribution in [3.8, 4) is 0 Å². The summed E-state index contributed by atoms with van der Waals surface area (Å²) in [6, 6.07) is 8.63. The van der Waals surface area contributed by atoms with Crippen molar-refractivity contribution in [3.05, 3.63) is 35.4 Å². The first kappa shape index (κ1) is 20.2. The molecule has 0 saturated heterocycles. The monoisotopic (exact) mass is 319 g/mol. The van der Waals surface area contributed by atoms with Gasteiger partial charge in [0.25, 0.3) is 7.48 Å². The van der Waals surface area contributed by atoms with Crippen LogP contribution in [0.4, 0.5) is 0 Å². The molecular weight excluding hydrogens is 285 g/mol. The van der Waals surface area contributed by atoms with Crippen molar-refractivity contribution in [2.45, 2.75) is 59.6 Å². The van der Waals surface area contributed by atoms with Crippen molar-refractivity contribution < 1.29 is 9.39 Å². The maximum Gasteiger partial charge on any atom is 0.288 e. The fourth-order valence-corrected chi connectivity index (χ4v) is 2.15. The van der Waals surface area contributed by atoms with E-state index in [1.807, 2.05) is 0 Å². The highest BCUT2D eigenvalue weighted by atomic mass is 16.5. The molecule has 4 heteroatoms. The zero-order chi connectivity index (χ0) is 17.1. The molecule has 0 aliphatic rings. The summed E-state index contributed by atoms with van der Waals surface area (Å²) in [6.45, 7) is 13.3. The first-order valence-electron chi connectivity index (χ1n) is 8.87. The first-order valence-corrected chi connectivity index (χ1v) is 8.87. The van der Waals surface area contributed by atoms with Crippen LogP contribution in [0.1, 0.15) is 51.7 Å². The van der Waals surface area contributed by atoms with Crippen LogP contribution in [0.25, 0.3) is 0 Å². The van der Waals surface area contributed by atoms with E-state index in [0.29, 0.717) is 5.92 Å². The molecule has 1 aromatic carbocycles. The summed E-state index contributed by atoms with van der Waals surface area (Å²) in [5, 5.41) is 3.41. The molecule has 0 aliphatic carbocycles. The van der Waals surface area contributed by atoms with Crippen molar-refractivity contribution in [2.75, 3.05) is 19.7 Å². The average Bonchev–Trinajstić information content (AvgIpc) is 2.47. The fraction of sp³-hybridized carbons (Fsp3) is 0.684. The highest BCUT2D eigenvalue weighted by Gasteiger charge is 2.17. The van der Waals surface area contributed by atoms with Gasteiger partial charge in [0.05, 0.1) is 5.60 Å². The third-order valence-corrected chi connectivity index (χ3v) is 3.91. The topological polar surface area (TPSA) is 30.5 Å². The SMILES string of the molecule is Cc1ccc(CNCBOCCC(C)(C)OCCC(C)C)cc1. The van der Waals surface area contributed by atoms with Gasteiger partial charge in [-0.1, -0.05) is 43.7 Å². The van der Waals surface area contributed by atoms with Crippen molar-refractivity contribution in [3.63, 3.8) is 0 Å². The molecule has 0 radical (unpaired) electrons. The lowest BCUT2D eigenvalue weighted by Gasteiger charge is -2.25. The third-order valence-electron chi connectivity index (χ3n) is 3.91. The van der Waals surface area contributed by atoms with E-state index < -0.39 is 0 Å². The van der Waals surface area contributed by atoms with Gasteiger partial charge in [-0.2, -0.15) is 0 Å². The van der Waals surface area contributed by atoms with Gasteiger partial charge < -0.3 is 14.7 Å². The molecule has 0 aliphatic heterocycles. The van der Waals surface area contributed by atoms with Gasteiger partial charge in [0, 0.05) is 19.8 Å². The summed E-state index contributed by atoms with van der Waals surface area (Å²) in [5.41, 5.74) is 2.52. The lowest BCUT2D eigenvalue weighted by atomic mass is 10.0. The maximum absolute atomic E-state index is 5.94. The molecule has 0 unspecified atom stereocenters. The molecule has 0 heterocycles. The Morgan fingerprint density at radius 2 is 1.83 bits per heavy atom. The molecule has 0 fully saturated rings. The van der Waals surface area contributed by atoms with E-state index in [2.05, 4.69) is 64.2 Å². The lowest BCUT2D eigenvalue weighted by molar-refractivity contribution is -0.0345. The molecule has 0 aromatic heterocycles. The van der Waals surface area contributed by atoms with Crippen LogP contribution in [0.5, 0.6) is 0 Å². The Morgan fingerprint density at radius 3 is 2.48 bits per heavy atom. The van der Waals surface area contributed by atoms with Gasteiger partial charge in [0.1, 0.15) is 0 Å². The van der Waals surface area contributed by atoms with Crippen molar-refractivity contribution in [1.82, 2.24) is 5.32 Å². The normalized spacial score (nSPS) is 11.9. The minimum absolute atomic E-state index is 0.0930. The Hall–Kier alpha value is -0.835. The second kappa shape index (κ2) is 10.8. The van der Waals surface area contributed by atoms with Gasteiger partial charge in [-0.25, -0.2) is 0 Å². The molecule has 130 valence electrons. The average molecular weight is 319 g/mol. The highest BCUT2D eigenvalue weighted by Crippen LogP contribution is 2.15. The van der Waals surface area contributed by atoms with E-state index in [9.17, 15) is 0 Å². The molecule has 1 N–H and O–H groups in total. The Bertz CT molecular complexity index is 418. The van der Waals surface area contributed by atoms with Crippen LogP contribution < -0.4 is 5.32 Å². The van der Waals surface area contributed by atoms with E-state index in [1.165, 1.54) is 11.1 Å². The number of benzene rings is 1. The molecule has 23 heavy (non-hydrogen) atoms. The predicted molar refractivity (Wildman–Crippen MR) is 100 cm³/mol. The highest BCUT2D eigenvalue weighted by molar-refractivity contribution is 6.27. The summed E-state index contributed by atoms with van der Waals surface area (Å²) in [6.07, 6.45) is 2.93. The van der Waals surface area contributed by atoms with Crippen molar-refractivity contribution >= 4 is 7.48 Å². The van der Waals surface area contributed by atoms with Crippen LogP contribution in [0.3, 0.4) is 0 Å². The summed E-state index contributed by atoms with van der Waals surface area (Å²) in [5.74, 6) is 0.696. The molecule has 0 spiro atoms. The molecule has 0 atom stereocenters. The zero-order valence-electron chi connectivity index (χ0n) is 15.7. The van der Waals surface area contributed by atoms with Crippen LogP contribution in [-0.2, 0) is 15.9 Å². The molecule has 0 amide bonds. The van der Waals surface area contributed by atoms with E-state index in [4.69, 9.17) is 9.39 Å². The van der Waals surface area contributed by atoms with Gasteiger partial charge in [0.15, 0.2) is 0 Å². The van der Waals surface area contributed by atoms with E-state index in [0.717, 1.165) is 46.5 Å². The van der Waals surface area contributed by atoms with Gasteiger partial charge in [0.2, 0.25) is 0 Å². The van der Waals surface area contributed by atoms with E-state index in [1.54, 1.807) is 0 Å². The number of ether oxygens (including phenoxy) is 1. The molecule has 0 saturated carbocycles. The van der Waals surface area contributed by atoms with Gasteiger partial charge in [-0.15, -0.1) is 0 Å². The van der Waals surface area contributed by atoms with Crippen molar-refractivity contribution in [1.29, 1.82) is 0 Å². The largest absolute Gasteiger partial charge is 0.438 e. The quantitative estimate of drug-likeness (QED) is 0.471. The summed E-state index contributed by atoms with van der Waals surface area (Å²) in [4.78, 5) is 0.